The molecule has 1 aromatic carbocycles. The van der Waals surface area contributed by atoms with E-state index in [0.29, 0.717) is 30.8 Å². The first-order chi connectivity index (χ1) is 19.6. The van der Waals surface area contributed by atoms with Gasteiger partial charge in [0.25, 0.3) is 5.91 Å². The Morgan fingerprint density at radius 3 is 2.60 bits per heavy atom. The van der Waals surface area contributed by atoms with Gasteiger partial charge in [0, 0.05) is 57.8 Å². The molecule has 3 aliphatic rings. The SMILES string of the molecule is CC.COC1COCC[C@@H]1NC1CCN(C(=O)c2cncc(NC[C@H]3CCC[C@@H](c4ccc(C)cc4)O3)c2)CC1. The second kappa shape index (κ2) is 15.5. The van der Waals surface area contributed by atoms with Gasteiger partial charge < -0.3 is 29.7 Å². The maximum Gasteiger partial charge on any atom is 0.255 e. The maximum atomic E-state index is 13.3. The first-order valence-corrected chi connectivity index (χ1v) is 15.2. The minimum Gasteiger partial charge on any atom is -0.381 e. The molecule has 2 aromatic rings. The molecule has 3 saturated heterocycles. The molecular formula is C32H48N4O4. The van der Waals surface area contributed by atoms with Gasteiger partial charge in [-0.05, 0) is 57.1 Å². The van der Waals surface area contributed by atoms with Gasteiger partial charge in [0.15, 0.2) is 0 Å². The third kappa shape index (κ3) is 8.26. The lowest BCUT2D eigenvalue weighted by Crippen LogP contribution is -2.54. The number of hydrogen-bond donors (Lipinski definition) is 2. The van der Waals surface area contributed by atoms with E-state index in [9.17, 15) is 4.79 Å². The highest BCUT2D eigenvalue weighted by atomic mass is 16.5. The number of carbonyl (C=O) groups excluding carboxylic acids is 1. The van der Waals surface area contributed by atoms with E-state index in [4.69, 9.17) is 14.2 Å². The quantitative estimate of drug-likeness (QED) is 0.469. The Morgan fingerprint density at radius 2 is 1.85 bits per heavy atom. The van der Waals surface area contributed by atoms with Crippen LogP contribution in [-0.2, 0) is 14.2 Å². The number of nitrogens with one attached hydrogen (secondary N) is 2. The monoisotopic (exact) mass is 552 g/mol. The first kappa shape index (κ1) is 30.4. The highest BCUT2D eigenvalue weighted by Gasteiger charge is 2.30. The van der Waals surface area contributed by atoms with Crippen LogP contribution in [-0.4, -0.2) is 80.0 Å². The number of nitrogens with zero attached hydrogens (tertiary/aromatic N) is 2. The number of aromatic nitrogens is 1. The number of ether oxygens (including phenoxy) is 3. The molecule has 0 bridgehead atoms. The van der Waals surface area contributed by atoms with Crippen LogP contribution in [0.2, 0.25) is 0 Å². The Kier molecular flexibility index (Phi) is 11.8. The largest absolute Gasteiger partial charge is 0.381 e. The molecule has 4 atom stereocenters. The lowest BCUT2D eigenvalue weighted by atomic mass is 9.97. The van der Waals surface area contributed by atoms with Gasteiger partial charge >= 0.3 is 0 Å². The summed E-state index contributed by atoms with van der Waals surface area (Å²) in [6, 6.07) is 11.3. The number of hydrogen-bond acceptors (Lipinski definition) is 7. The Hall–Kier alpha value is -2.52. The molecular weight excluding hydrogens is 504 g/mol. The van der Waals surface area contributed by atoms with E-state index in [-0.39, 0.29) is 24.2 Å². The molecule has 0 spiro atoms. The molecule has 8 nitrogen and oxygen atoms in total. The second-order valence-electron chi connectivity index (χ2n) is 10.9. The maximum absolute atomic E-state index is 13.3. The molecule has 0 radical (unpaired) electrons. The van der Waals surface area contributed by atoms with Gasteiger partial charge in [-0.15, -0.1) is 0 Å². The average molecular weight is 553 g/mol. The van der Waals surface area contributed by atoms with Crippen molar-refractivity contribution in [3.63, 3.8) is 0 Å². The highest BCUT2D eigenvalue weighted by molar-refractivity contribution is 5.94. The molecule has 4 heterocycles. The van der Waals surface area contributed by atoms with Crippen LogP contribution in [0.15, 0.2) is 42.7 Å². The van der Waals surface area contributed by atoms with Crippen LogP contribution in [0.25, 0.3) is 0 Å². The van der Waals surface area contributed by atoms with E-state index in [2.05, 4.69) is 46.8 Å². The van der Waals surface area contributed by atoms with Gasteiger partial charge in [-0.1, -0.05) is 43.7 Å². The summed E-state index contributed by atoms with van der Waals surface area (Å²) < 4.78 is 17.5. The van der Waals surface area contributed by atoms with Gasteiger partial charge in [-0.3, -0.25) is 9.78 Å². The summed E-state index contributed by atoms with van der Waals surface area (Å²) in [6.45, 7) is 9.70. The minimum absolute atomic E-state index is 0.0498. The van der Waals surface area contributed by atoms with Crippen LogP contribution >= 0.6 is 0 Å². The van der Waals surface area contributed by atoms with Gasteiger partial charge in [-0.25, -0.2) is 0 Å². The number of methoxy groups -OCH3 is 1. The Morgan fingerprint density at radius 1 is 1.07 bits per heavy atom. The Bertz CT molecular complexity index is 1040. The van der Waals surface area contributed by atoms with Crippen molar-refractivity contribution in [1.29, 1.82) is 0 Å². The van der Waals surface area contributed by atoms with E-state index < -0.39 is 0 Å². The zero-order valence-electron chi connectivity index (χ0n) is 24.7. The number of amides is 1. The molecule has 220 valence electrons. The number of pyridine rings is 1. The fourth-order valence-corrected chi connectivity index (χ4v) is 5.83. The van der Waals surface area contributed by atoms with Crippen molar-refractivity contribution in [2.24, 2.45) is 0 Å². The third-order valence-electron chi connectivity index (χ3n) is 8.16. The number of benzene rings is 1. The first-order valence-electron chi connectivity index (χ1n) is 15.2. The molecule has 3 fully saturated rings. The predicted molar refractivity (Wildman–Crippen MR) is 159 cm³/mol. The molecule has 2 N–H and O–H groups in total. The molecule has 8 heteroatoms. The minimum atomic E-state index is 0.0498. The van der Waals surface area contributed by atoms with E-state index in [1.165, 1.54) is 11.1 Å². The summed E-state index contributed by atoms with van der Waals surface area (Å²) in [6.07, 6.45) is 9.90. The summed E-state index contributed by atoms with van der Waals surface area (Å²) >= 11 is 0. The predicted octanol–water partition coefficient (Wildman–Crippen LogP) is 5.14. The van der Waals surface area contributed by atoms with Gasteiger partial charge in [0.1, 0.15) is 0 Å². The zero-order chi connectivity index (χ0) is 28.3. The van der Waals surface area contributed by atoms with Crippen LogP contribution in [0.5, 0.6) is 0 Å². The smallest absolute Gasteiger partial charge is 0.255 e. The topological polar surface area (TPSA) is 85.0 Å². The van der Waals surface area contributed by atoms with Crippen LogP contribution in [0.1, 0.15) is 80.0 Å². The van der Waals surface area contributed by atoms with Crippen molar-refractivity contribution in [2.45, 2.75) is 89.7 Å². The van der Waals surface area contributed by atoms with Crippen molar-refractivity contribution in [3.05, 3.63) is 59.4 Å². The van der Waals surface area contributed by atoms with Gasteiger partial charge in [0.05, 0.1) is 36.2 Å². The van der Waals surface area contributed by atoms with E-state index in [1.807, 2.05) is 24.8 Å². The van der Waals surface area contributed by atoms with Gasteiger partial charge in [-0.2, -0.15) is 0 Å². The molecule has 40 heavy (non-hydrogen) atoms. The summed E-state index contributed by atoms with van der Waals surface area (Å²) in [5, 5.41) is 7.22. The third-order valence-corrected chi connectivity index (χ3v) is 8.16. The number of piperidine rings is 1. The molecule has 0 saturated carbocycles. The summed E-state index contributed by atoms with van der Waals surface area (Å²) in [5.41, 5.74) is 4.01. The Balaban J connectivity index is 0.00000181. The number of anilines is 1. The fourth-order valence-electron chi connectivity index (χ4n) is 5.83. The lowest BCUT2D eigenvalue weighted by molar-refractivity contribution is -0.0533. The van der Waals surface area contributed by atoms with Crippen molar-refractivity contribution in [1.82, 2.24) is 15.2 Å². The zero-order valence-corrected chi connectivity index (χ0v) is 24.7. The number of rotatable bonds is 8. The average Bonchev–Trinajstić information content (AvgIpc) is 3.02. The normalized spacial score (nSPS) is 25.6. The van der Waals surface area contributed by atoms with E-state index in [0.717, 1.165) is 63.9 Å². The molecule has 1 unspecified atom stereocenters. The van der Waals surface area contributed by atoms with Crippen LogP contribution in [0.3, 0.4) is 0 Å². The molecule has 3 aliphatic heterocycles. The fraction of sp³-hybridized carbons (Fsp3) is 0.625. The number of likely N-dealkylation sites (tertiary alicyclic amines) is 1. The van der Waals surface area contributed by atoms with Crippen LogP contribution in [0.4, 0.5) is 5.69 Å². The van der Waals surface area contributed by atoms with Crippen molar-refractivity contribution in [3.8, 4) is 0 Å². The molecule has 0 aliphatic carbocycles. The molecule has 5 rings (SSSR count). The van der Waals surface area contributed by atoms with Crippen LogP contribution in [0, 0.1) is 6.92 Å². The van der Waals surface area contributed by atoms with Crippen molar-refractivity contribution < 1.29 is 19.0 Å². The molecule has 1 aromatic heterocycles. The van der Waals surface area contributed by atoms with Crippen molar-refractivity contribution in [2.75, 3.05) is 45.3 Å². The standard InChI is InChI=1S/C30H42N4O4.C2H6/c1-21-6-8-22(9-7-21)28-5-3-4-26(38-28)19-32-25-16-23(17-31-18-25)30(35)34-13-10-24(11-14-34)33-27-12-15-37-20-29(27)36-2;1-2/h6-9,16-18,24,26-29,32-33H,3-5,10-15,19-20H2,1-2H3;1-2H3/t26-,27+,28+,29?;/m1./s1. The molecule has 1 amide bonds. The second-order valence-corrected chi connectivity index (χ2v) is 10.9. The lowest BCUT2D eigenvalue weighted by Gasteiger charge is -2.38. The van der Waals surface area contributed by atoms with Crippen molar-refractivity contribution >= 4 is 11.6 Å². The summed E-state index contributed by atoms with van der Waals surface area (Å²) in [5.74, 6) is 0.0498. The van der Waals surface area contributed by atoms with Crippen LogP contribution < -0.4 is 10.6 Å². The number of aryl methyl sites for hydroxylation is 1. The van der Waals surface area contributed by atoms with E-state index >= 15 is 0 Å². The van der Waals surface area contributed by atoms with Gasteiger partial charge in [0.2, 0.25) is 0 Å². The summed E-state index contributed by atoms with van der Waals surface area (Å²) in [7, 11) is 1.75. The Labute approximate surface area is 240 Å². The highest BCUT2D eigenvalue weighted by Crippen LogP contribution is 2.31. The van der Waals surface area contributed by atoms with E-state index in [1.54, 1.807) is 19.5 Å². The summed E-state index contributed by atoms with van der Waals surface area (Å²) in [4.78, 5) is 19.6. The number of carbonyl (C=O) groups is 1.